The summed E-state index contributed by atoms with van der Waals surface area (Å²) >= 11 is 6.01. The van der Waals surface area contributed by atoms with Crippen LogP contribution in [-0.4, -0.2) is 32.9 Å². The molecular weight excluding hydrogens is 433 g/mol. The Balaban J connectivity index is 1.28. The summed E-state index contributed by atoms with van der Waals surface area (Å²) in [6.07, 6.45) is 4.65. The summed E-state index contributed by atoms with van der Waals surface area (Å²) in [7, 11) is 0. The van der Waals surface area contributed by atoms with Crippen LogP contribution >= 0.6 is 11.6 Å². The van der Waals surface area contributed by atoms with Gasteiger partial charge in [-0.25, -0.2) is 9.07 Å². The number of anilines is 1. The van der Waals surface area contributed by atoms with E-state index in [2.05, 4.69) is 20.9 Å². The number of hydrogen-bond acceptors (Lipinski definition) is 4. The molecule has 1 heterocycles. The number of halogens is 2. The second-order valence-electron chi connectivity index (χ2n) is 7.85. The first-order valence-electron chi connectivity index (χ1n) is 10.5. The Labute approximate surface area is 190 Å². The van der Waals surface area contributed by atoms with Crippen LogP contribution < -0.4 is 10.6 Å². The first kappa shape index (κ1) is 22.0. The number of nitrogens with zero attached hydrogens (tertiary/aromatic N) is 3. The van der Waals surface area contributed by atoms with Crippen molar-refractivity contribution in [1.82, 2.24) is 20.3 Å². The molecule has 0 spiro atoms. The van der Waals surface area contributed by atoms with Crippen LogP contribution in [0.2, 0.25) is 5.02 Å². The second-order valence-corrected chi connectivity index (χ2v) is 8.26. The lowest BCUT2D eigenvalue weighted by atomic mass is 9.91. The number of para-hydroxylation sites is 1. The highest BCUT2D eigenvalue weighted by Gasteiger charge is 2.25. The molecule has 1 aliphatic rings. The van der Waals surface area contributed by atoms with E-state index in [4.69, 9.17) is 11.6 Å². The van der Waals surface area contributed by atoms with E-state index in [1.807, 2.05) is 18.2 Å². The zero-order valence-corrected chi connectivity index (χ0v) is 18.1. The monoisotopic (exact) mass is 455 g/mol. The summed E-state index contributed by atoms with van der Waals surface area (Å²) in [6.45, 7) is 0. The van der Waals surface area contributed by atoms with Gasteiger partial charge in [0.25, 0.3) is 5.91 Å². The van der Waals surface area contributed by atoms with E-state index in [0.717, 1.165) is 25.7 Å². The number of carbonyl (C=O) groups excluding carboxylic acids is 2. The first-order chi connectivity index (χ1) is 15.5. The maximum Gasteiger partial charge on any atom is 0.277 e. The van der Waals surface area contributed by atoms with Gasteiger partial charge in [-0.2, -0.15) is 0 Å². The van der Waals surface area contributed by atoms with E-state index in [1.165, 1.54) is 12.1 Å². The van der Waals surface area contributed by atoms with Gasteiger partial charge in [-0.1, -0.05) is 41.1 Å². The minimum atomic E-state index is -0.477. The Morgan fingerprint density at radius 1 is 1.06 bits per heavy atom. The van der Waals surface area contributed by atoms with Crippen molar-refractivity contribution in [1.29, 1.82) is 0 Å². The molecule has 0 aliphatic heterocycles. The van der Waals surface area contributed by atoms with Gasteiger partial charge < -0.3 is 10.6 Å². The summed E-state index contributed by atoms with van der Waals surface area (Å²) in [4.78, 5) is 24.7. The SMILES string of the molecule is O=C(Cc1c(F)cccc1Cl)NC1CCC(n2cc(C(=O)Nc3ccccc3)nn2)CC1. The van der Waals surface area contributed by atoms with Gasteiger partial charge in [-0.3, -0.25) is 9.59 Å². The highest BCUT2D eigenvalue weighted by Crippen LogP contribution is 2.28. The molecule has 0 atom stereocenters. The molecule has 7 nitrogen and oxygen atoms in total. The van der Waals surface area contributed by atoms with Crippen molar-refractivity contribution in [2.45, 2.75) is 44.2 Å². The van der Waals surface area contributed by atoms with Crippen molar-refractivity contribution < 1.29 is 14.0 Å². The minimum absolute atomic E-state index is 0.00803. The molecule has 0 bridgehead atoms. The van der Waals surface area contributed by atoms with Crippen molar-refractivity contribution in [3.63, 3.8) is 0 Å². The summed E-state index contributed by atoms with van der Waals surface area (Å²) in [5.41, 5.74) is 1.16. The van der Waals surface area contributed by atoms with E-state index in [1.54, 1.807) is 29.1 Å². The van der Waals surface area contributed by atoms with Crippen molar-refractivity contribution in [3.8, 4) is 0 Å². The molecule has 1 aromatic heterocycles. The molecule has 2 amide bonds. The summed E-state index contributed by atoms with van der Waals surface area (Å²) in [5, 5.41) is 14.1. The van der Waals surface area contributed by atoms with Gasteiger partial charge in [-0.15, -0.1) is 5.10 Å². The number of aromatic nitrogens is 3. The largest absolute Gasteiger partial charge is 0.353 e. The van der Waals surface area contributed by atoms with E-state index >= 15 is 0 Å². The van der Waals surface area contributed by atoms with Crippen LogP contribution in [0.5, 0.6) is 0 Å². The topological polar surface area (TPSA) is 88.9 Å². The Hall–Kier alpha value is -3.26. The van der Waals surface area contributed by atoms with E-state index in [-0.39, 0.29) is 46.6 Å². The van der Waals surface area contributed by atoms with E-state index < -0.39 is 5.82 Å². The molecule has 0 unspecified atom stereocenters. The van der Waals surface area contributed by atoms with Crippen molar-refractivity contribution in [3.05, 3.63) is 76.8 Å². The molecule has 1 aliphatic carbocycles. The van der Waals surface area contributed by atoms with Gasteiger partial charge in [0.1, 0.15) is 5.82 Å². The predicted octanol–water partition coefficient (Wildman–Crippen LogP) is 4.17. The highest BCUT2D eigenvalue weighted by molar-refractivity contribution is 6.31. The summed E-state index contributed by atoms with van der Waals surface area (Å²) in [5.74, 6) is -1.04. The van der Waals surface area contributed by atoms with Crippen LogP contribution in [0.15, 0.2) is 54.7 Å². The van der Waals surface area contributed by atoms with Crippen LogP contribution in [0, 0.1) is 5.82 Å². The first-order valence-corrected chi connectivity index (χ1v) is 10.9. The minimum Gasteiger partial charge on any atom is -0.353 e. The van der Waals surface area contributed by atoms with Gasteiger partial charge >= 0.3 is 0 Å². The molecular formula is C23H23ClFN5O2. The third-order valence-corrected chi connectivity index (χ3v) is 5.96. The molecule has 0 radical (unpaired) electrons. The van der Waals surface area contributed by atoms with Crippen LogP contribution in [0.1, 0.15) is 47.8 Å². The second kappa shape index (κ2) is 9.91. The van der Waals surface area contributed by atoms with Crippen LogP contribution in [0.4, 0.5) is 10.1 Å². The fourth-order valence-electron chi connectivity index (χ4n) is 3.90. The average Bonchev–Trinajstić information content (AvgIpc) is 3.28. The maximum atomic E-state index is 13.9. The predicted molar refractivity (Wildman–Crippen MR) is 119 cm³/mol. The molecule has 0 saturated heterocycles. The Bertz CT molecular complexity index is 1080. The van der Waals surface area contributed by atoms with Crippen LogP contribution in [0.25, 0.3) is 0 Å². The number of hydrogen-bond donors (Lipinski definition) is 2. The van der Waals surface area contributed by atoms with Gasteiger partial charge in [0.15, 0.2) is 5.69 Å². The molecule has 9 heteroatoms. The van der Waals surface area contributed by atoms with E-state index in [0.29, 0.717) is 5.69 Å². The summed E-state index contributed by atoms with van der Waals surface area (Å²) < 4.78 is 15.6. The fraction of sp³-hybridized carbons (Fsp3) is 0.304. The molecule has 2 N–H and O–H groups in total. The lowest BCUT2D eigenvalue weighted by Crippen LogP contribution is -2.39. The normalized spacial score (nSPS) is 18.2. The number of amides is 2. The average molecular weight is 456 g/mol. The lowest BCUT2D eigenvalue weighted by Gasteiger charge is -2.29. The number of nitrogens with one attached hydrogen (secondary N) is 2. The van der Waals surface area contributed by atoms with Crippen molar-refractivity contribution >= 4 is 29.1 Å². The van der Waals surface area contributed by atoms with Crippen LogP contribution in [0.3, 0.4) is 0 Å². The quantitative estimate of drug-likeness (QED) is 0.584. The molecule has 1 saturated carbocycles. The van der Waals surface area contributed by atoms with Gasteiger partial charge in [0.2, 0.25) is 5.91 Å². The molecule has 4 rings (SSSR count). The van der Waals surface area contributed by atoms with Crippen molar-refractivity contribution in [2.24, 2.45) is 0 Å². The Kier molecular flexibility index (Phi) is 6.80. The fourth-order valence-corrected chi connectivity index (χ4v) is 4.13. The number of benzene rings is 2. The molecule has 1 fully saturated rings. The Morgan fingerprint density at radius 2 is 1.81 bits per heavy atom. The third-order valence-electron chi connectivity index (χ3n) is 5.61. The van der Waals surface area contributed by atoms with Crippen molar-refractivity contribution in [2.75, 3.05) is 5.32 Å². The van der Waals surface area contributed by atoms with Gasteiger partial charge in [0, 0.05) is 22.3 Å². The summed E-state index contributed by atoms with van der Waals surface area (Å²) in [6, 6.07) is 13.7. The van der Waals surface area contributed by atoms with E-state index in [9.17, 15) is 14.0 Å². The zero-order valence-electron chi connectivity index (χ0n) is 17.3. The van der Waals surface area contributed by atoms with Crippen LogP contribution in [-0.2, 0) is 11.2 Å². The highest BCUT2D eigenvalue weighted by atomic mass is 35.5. The molecule has 2 aromatic carbocycles. The number of rotatable bonds is 6. The number of carbonyl (C=O) groups is 2. The molecule has 166 valence electrons. The maximum absolute atomic E-state index is 13.9. The third kappa shape index (κ3) is 5.31. The molecule has 3 aromatic rings. The standard InChI is InChI=1S/C23H23ClFN5O2/c24-19-7-4-8-20(25)18(19)13-22(31)26-16-9-11-17(12-10-16)30-14-21(28-29-30)23(32)27-15-5-2-1-3-6-15/h1-8,14,16-17H,9-13H2,(H,26,31)(H,27,32). The van der Waals surface area contributed by atoms with Gasteiger partial charge in [0.05, 0.1) is 18.7 Å². The lowest BCUT2D eigenvalue weighted by molar-refractivity contribution is -0.121. The zero-order chi connectivity index (χ0) is 22.5. The van der Waals surface area contributed by atoms with Gasteiger partial charge in [-0.05, 0) is 49.9 Å². The Morgan fingerprint density at radius 3 is 2.53 bits per heavy atom. The smallest absolute Gasteiger partial charge is 0.277 e. The molecule has 32 heavy (non-hydrogen) atoms.